The molecule has 0 heterocycles. The van der Waals surface area contributed by atoms with Crippen LogP contribution in [-0.4, -0.2) is 19.1 Å². The van der Waals surface area contributed by atoms with Crippen LogP contribution in [-0.2, 0) is 27.5 Å². The van der Waals surface area contributed by atoms with Gasteiger partial charge in [0.15, 0.2) is 14.6 Å². The lowest BCUT2D eigenvalue weighted by molar-refractivity contribution is -0.118. The molecule has 0 unspecified atom stereocenters. The Morgan fingerprint density at radius 2 is 1.56 bits per heavy atom. The van der Waals surface area contributed by atoms with E-state index in [2.05, 4.69) is 11.4 Å². The lowest BCUT2D eigenvalue weighted by Gasteiger charge is -2.29. The van der Waals surface area contributed by atoms with Crippen LogP contribution in [0, 0.1) is 0 Å². The highest BCUT2D eigenvalue weighted by molar-refractivity contribution is 7.93. The van der Waals surface area contributed by atoms with Crippen LogP contribution in [0.3, 0.4) is 0 Å². The minimum atomic E-state index is -3.75. The second-order valence-electron chi connectivity index (χ2n) is 7.62. The highest BCUT2D eigenvalue weighted by atomic mass is 32.2. The monoisotopic (exact) mass is 383 g/mol. The minimum Gasteiger partial charge on any atom is -0.324 e. The van der Waals surface area contributed by atoms with Gasteiger partial charge in [0.25, 0.3) is 0 Å². The first kappa shape index (κ1) is 18.2. The van der Waals surface area contributed by atoms with Crippen molar-refractivity contribution < 1.29 is 13.2 Å². The standard InChI is InChI=1S/C22H25NO3S/c24-21(23-20-14-8-10-17-9-4-5-13-19(17)20)22(15-6-7-16-22)27(25,26)18-11-2-1-3-12-18/h1-3,8,10-12,14H,4-7,9,13,15-16H2,(H,23,24). The van der Waals surface area contributed by atoms with Crippen LogP contribution in [0.25, 0.3) is 0 Å². The fraction of sp³-hybridized carbons (Fsp3) is 0.409. The van der Waals surface area contributed by atoms with E-state index < -0.39 is 14.6 Å². The van der Waals surface area contributed by atoms with Gasteiger partial charge < -0.3 is 5.32 Å². The maximum atomic E-state index is 13.4. The predicted molar refractivity (Wildman–Crippen MR) is 107 cm³/mol. The molecule has 1 N–H and O–H groups in total. The van der Waals surface area contributed by atoms with Gasteiger partial charge in [-0.3, -0.25) is 4.79 Å². The van der Waals surface area contributed by atoms with E-state index in [1.807, 2.05) is 12.1 Å². The fourth-order valence-corrected chi connectivity index (χ4v) is 6.61. The summed E-state index contributed by atoms with van der Waals surface area (Å²) in [6.07, 6.45) is 6.50. The van der Waals surface area contributed by atoms with Crippen molar-refractivity contribution in [3.63, 3.8) is 0 Å². The maximum Gasteiger partial charge on any atom is 0.246 e. The first-order valence-corrected chi connectivity index (χ1v) is 11.2. The van der Waals surface area contributed by atoms with E-state index in [0.29, 0.717) is 12.8 Å². The Morgan fingerprint density at radius 1 is 0.852 bits per heavy atom. The Morgan fingerprint density at radius 3 is 2.30 bits per heavy atom. The second kappa shape index (κ2) is 7.12. The minimum absolute atomic E-state index is 0.233. The van der Waals surface area contributed by atoms with Gasteiger partial charge >= 0.3 is 0 Å². The lowest BCUT2D eigenvalue weighted by Crippen LogP contribution is -2.47. The zero-order chi connectivity index (χ0) is 18.9. The van der Waals surface area contributed by atoms with Gasteiger partial charge in [0.1, 0.15) is 0 Å². The number of hydrogen-bond acceptors (Lipinski definition) is 3. The average Bonchev–Trinajstić information content (AvgIpc) is 3.21. The highest BCUT2D eigenvalue weighted by Gasteiger charge is 2.53. The molecule has 0 radical (unpaired) electrons. The SMILES string of the molecule is O=C(Nc1cccc2c1CCCC2)C1(S(=O)(=O)c2ccccc2)CCCC1. The normalized spacial score (nSPS) is 18.7. The van der Waals surface area contributed by atoms with Crippen LogP contribution in [0.15, 0.2) is 53.4 Å². The van der Waals surface area contributed by atoms with Crippen molar-refractivity contribution in [3.8, 4) is 0 Å². The number of carbonyl (C=O) groups is 1. The van der Waals surface area contributed by atoms with Gasteiger partial charge in [0, 0.05) is 5.69 Å². The number of fused-ring (bicyclic) bond motifs is 1. The summed E-state index contributed by atoms with van der Waals surface area (Å²) in [5, 5.41) is 3.01. The third kappa shape index (κ3) is 3.08. The van der Waals surface area contributed by atoms with Gasteiger partial charge in [-0.05, 0) is 67.9 Å². The maximum absolute atomic E-state index is 13.4. The van der Waals surface area contributed by atoms with E-state index in [9.17, 15) is 13.2 Å². The van der Waals surface area contributed by atoms with Crippen molar-refractivity contribution in [2.45, 2.75) is 61.0 Å². The van der Waals surface area contributed by atoms with Crippen LogP contribution in [0.5, 0.6) is 0 Å². The van der Waals surface area contributed by atoms with E-state index in [1.54, 1.807) is 30.3 Å². The largest absolute Gasteiger partial charge is 0.324 e. The van der Waals surface area contributed by atoms with E-state index in [-0.39, 0.29) is 10.8 Å². The number of carbonyl (C=O) groups excluding carboxylic acids is 1. The number of nitrogens with one attached hydrogen (secondary N) is 1. The lowest BCUT2D eigenvalue weighted by atomic mass is 9.90. The molecule has 27 heavy (non-hydrogen) atoms. The third-order valence-corrected chi connectivity index (χ3v) is 8.55. The van der Waals surface area contributed by atoms with Crippen molar-refractivity contribution in [2.75, 3.05) is 5.32 Å². The summed E-state index contributed by atoms with van der Waals surface area (Å²) in [4.78, 5) is 13.6. The number of amides is 1. The summed E-state index contributed by atoms with van der Waals surface area (Å²) in [6, 6.07) is 14.3. The van der Waals surface area contributed by atoms with Gasteiger partial charge in [-0.1, -0.05) is 43.2 Å². The first-order chi connectivity index (χ1) is 13.0. The van der Waals surface area contributed by atoms with Crippen molar-refractivity contribution in [1.82, 2.24) is 0 Å². The number of rotatable bonds is 4. The number of anilines is 1. The first-order valence-electron chi connectivity index (χ1n) is 9.76. The molecule has 0 bridgehead atoms. The van der Waals surface area contributed by atoms with Gasteiger partial charge in [0.2, 0.25) is 5.91 Å². The number of aryl methyl sites for hydroxylation is 1. The van der Waals surface area contributed by atoms with E-state index >= 15 is 0 Å². The predicted octanol–water partition coefficient (Wildman–Crippen LogP) is 4.29. The van der Waals surface area contributed by atoms with Crippen LogP contribution in [0.1, 0.15) is 49.7 Å². The summed E-state index contributed by atoms with van der Waals surface area (Å²) < 4.78 is 25.5. The highest BCUT2D eigenvalue weighted by Crippen LogP contribution is 2.42. The number of sulfone groups is 1. The van der Waals surface area contributed by atoms with Crippen molar-refractivity contribution in [1.29, 1.82) is 0 Å². The van der Waals surface area contributed by atoms with E-state index in [4.69, 9.17) is 0 Å². The Kier molecular flexibility index (Phi) is 4.81. The van der Waals surface area contributed by atoms with E-state index in [0.717, 1.165) is 44.2 Å². The average molecular weight is 384 g/mol. The molecule has 0 saturated heterocycles. The quantitative estimate of drug-likeness (QED) is 0.857. The third-order valence-electron chi connectivity index (χ3n) is 6.04. The van der Waals surface area contributed by atoms with Crippen molar-refractivity contribution >= 4 is 21.4 Å². The molecular formula is C22H25NO3S. The van der Waals surface area contributed by atoms with E-state index in [1.165, 1.54) is 11.1 Å². The van der Waals surface area contributed by atoms with Crippen LogP contribution < -0.4 is 5.32 Å². The molecule has 2 aliphatic carbocycles. The van der Waals surface area contributed by atoms with Crippen molar-refractivity contribution in [2.24, 2.45) is 0 Å². The summed E-state index contributed by atoms with van der Waals surface area (Å²) >= 11 is 0. The Bertz CT molecular complexity index is 945. The molecule has 0 atom stereocenters. The molecule has 2 aliphatic rings. The molecule has 0 aliphatic heterocycles. The molecule has 1 saturated carbocycles. The summed E-state index contributed by atoms with van der Waals surface area (Å²) in [6.45, 7) is 0. The topological polar surface area (TPSA) is 63.2 Å². The van der Waals surface area contributed by atoms with Gasteiger partial charge in [0.05, 0.1) is 4.90 Å². The molecule has 2 aromatic carbocycles. The smallest absolute Gasteiger partial charge is 0.246 e. The molecule has 142 valence electrons. The summed E-state index contributed by atoms with van der Waals surface area (Å²) in [5.74, 6) is -0.372. The van der Waals surface area contributed by atoms with Gasteiger partial charge in [-0.2, -0.15) is 0 Å². The van der Waals surface area contributed by atoms with Gasteiger partial charge in [-0.15, -0.1) is 0 Å². The molecule has 4 rings (SSSR count). The Hall–Kier alpha value is -2.14. The van der Waals surface area contributed by atoms with Crippen LogP contribution in [0.2, 0.25) is 0 Å². The molecule has 0 aromatic heterocycles. The zero-order valence-electron chi connectivity index (χ0n) is 15.4. The Labute approximate surface area is 160 Å². The number of hydrogen-bond donors (Lipinski definition) is 1. The molecule has 1 amide bonds. The molecular weight excluding hydrogens is 358 g/mol. The number of benzene rings is 2. The molecule has 2 aromatic rings. The molecule has 1 fully saturated rings. The second-order valence-corrected chi connectivity index (χ2v) is 9.88. The zero-order valence-corrected chi connectivity index (χ0v) is 16.2. The molecule has 0 spiro atoms. The van der Waals surface area contributed by atoms with Crippen LogP contribution in [0.4, 0.5) is 5.69 Å². The molecule has 5 heteroatoms. The van der Waals surface area contributed by atoms with Crippen molar-refractivity contribution in [3.05, 3.63) is 59.7 Å². The summed E-state index contributed by atoms with van der Waals surface area (Å²) in [7, 11) is -3.75. The Balaban J connectivity index is 1.70. The summed E-state index contributed by atoms with van der Waals surface area (Å²) in [5.41, 5.74) is 3.22. The molecule has 4 nitrogen and oxygen atoms in total. The van der Waals surface area contributed by atoms with Crippen LogP contribution >= 0.6 is 0 Å². The fourth-order valence-electron chi connectivity index (χ4n) is 4.52. The van der Waals surface area contributed by atoms with Gasteiger partial charge in [-0.25, -0.2) is 8.42 Å².